The van der Waals surface area contributed by atoms with Crippen molar-refractivity contribution in [1.82, 2.24) is 15.1 Å². The summed E-state index contributed by atoms with van der Waals surface area (Å²) in [6.45, 7) is 8.28. The van der Waals surface area contributed by atoms with Gasteiger partial charge in [0.25, 0.3) is 0 Å². The van der Waals surface area contributed by atoms with Crippen LogP contribution in [0.25, 0.3) is 0 Å². The molecule has 1 N–H and O–H groups in total. The van der Waals surface area contributed by atoms with E-state index in [0.29, 0.717) is 6.04 Å². The van der Waals surface area contributed by atoms with E-state index in [0.717, 1.165) is 18.5 Å². The lowest BCUT2D eigenvalue weighted by atomic mass is 9.90. The van der Waals surface area contributed by atoms with Gasteiger partial charge in [0.05, 0.1) is 0 Å². The average Bonchev–Trinajstić information content (AvgIpc) is 2.49. The lowest BCUT2D eigenvalue weighted by molar-refractivity contribution is 0.0189. The van der Waals surface area contributed by atoms with E-state index >= 15 is 0 Å². The molecular formula is C17H27N3. The van der Waals surface area contributed by atoms with Gasteiger partial charge in [0.15, 0.2) is 0 Å². The maximum atomic E-state index is 3.53. The molecule has 2 fully saturated rings. The number of hydrogen-bond acceptors (Lipinski definition) is 3. The van der Waals surface area contributed by atoms with Crippen LogP contribution in [-0.4, -0.2) is 55.6 Å². The lowest BCUT2D eigenvalue weighted by Gasteiger charge is -2.48. The summed E-state index contributed by atoms with van der Waals surface area (Å²) in [5, 5.41) is 3.53. The van der Waals surface area contributed by atoms with Crippen LogP contribution in [-0.2, 0) is 0 Å². The highest BCUT2D eigenvalue weighted by Gasteiger charge is 2.35. The van der Waals surface area contributed by atoms with Crippen molar-refractivity contribution in [3.8, 4) is 0 Å². The Morgan fingerprint density at radius 2 is 1.95 bits per heavy atom. The number of hydrogen-bond donors (Lipinski definition) is 1. The lowest BCUT2D eigenvalue weighted by Crippen LogP contribution is -2.56. The van der Waals surface area contributed by atoms with Crippen molar-refractivity contribution in [3.63, 3.8) is 0 Å². The first-order valence-corrected chi connectivity index (χ1v) is 7.95. The van der Waals surface area contributed by atoms with Crippen molar-refractivity contribution in [2.24, 2.45) is 5.92 Å². The van der Waals surface area contributed by atoms with Crippen molar-refractivity contribution >= 4 is 0 Å². The molecule has 2 aliphatic rings. The molecule has 0 saturated carbocycles. The van der Waals surface area contributed by atoms with Crippen LogP contribution in [0.4, 0.5) is 0 Å². The largest absolute Gasteiger partial charge is 0.316 e. The Kier molecular flexibility index (Phi) is 4.39. The van der Waals surface area contributed by atoms with Crippen molar-refractivity contribution in [1.29, 1.82) is 0 Å². The molecule has 2 aliphatic heterocycles. The molecule has 0 bridgehead atoms. The SMILES string of the molecule is CC1CNCCC1N1CCN(C)CC1c1ccccc1. The normalized spacial score (nSPS) is 33.2. The van der Waals surface area contributed by atoms with Crippen molar-refractivity contribution in [2.75, 3.05) is 39.8 Å². The summed E-state index contributed by atoms with van der Waals surface area (Å²) in [7, 11) is 2.25. The fraction of sp³-hybridized carbons (Fsp3) is 0.647. The number of benzene rings is 1. The molecule has 0 amide bonds. The first kappa shape index (κ1) is 14.1. The van der Waals surface area contributed by atoms with E-state index < -0.39 is 0 Å². The Morgan fingerprint density at radius 1 is 1.15 bits per heavy atom. The minimum absolute atomic E-state index is 0.556. The van der Waals surface area contributed by atoms with Gasteiger partial charge in [-0.3, -0.25) is 4.90 Å². The van der Waals surface area contributed by atoms with E-state index in [2.05, 4.69) is 59.4 Å². The Morgan fingerprint density at radius 3 is 2.70 bits per heavy atom. The van der Waals surface area contributed by atoms with Gasteiger partial charge in [-0.2, -0.15) is 0 Å². The minimum Gasteiger partial charge on any atom is -0.316 e. The molecule has 1 aromatic carbocycles. The van der Waals surface area contributed by atoms with Crippen LogP contribution < -0.4 is 5.32 Å². The van der Waals surface area contributed by atoms with Crippen molar-refractivity contribution < 1.29 is 0 Å². The van der Waals surface area contributed by atoms with Crippen LogP contribution in [0, 0.1) is 5.92 Å². The van der Waals surface area contributed by atoms with Gasteiger partial charge in [0.1, 0.15) is 0 Å². The second-order valence-corrected chi connectivity index (χ2v) is 6.46. The summed E-state index contributed by atoms with van der Waals surface area (Å²) in [5.74, 6) is 0.748. The number of likely N-dealkylation sites (N-methyl/N-ethyl adjacent to an activating group) is 1. The van der Waals surface area contributed by atoms with Crippen LogP contribution in [0.2, 0.25) is 0 Å². The minimum atomic E-state index is 0.556. The third-order valence-corrected chi connectivity index (χ3v) is 4.98. The smallest absolute Gasteiger partial charge is 0.0478 e. The maximum Gasteiger partial charge on any atom is 0.0478 e. The monoisotopic (exact) mass is 273 g/mol. The summed E-state index contributed by atoms with van der Waals surface area (Å²) in [4.78, 5) is 5.25. The van der Waals surface area contributed by atoms with Gasteiger partial charge >= 0.3 is 0 Å². The summed E-state index contributed by atoms with van der Waals surface area (Å²) < 4.78 is 0. The van der Waals surface area contributed by atoms with Crippen molar-refractivity contribution in [2.45, 2.75) is 25.4 Å². The van der Waals surface area contributed by atoms with Gasteiger partial charge in [0, 0.05) is 31.7 Å². The maximum absolute atomic E-state index is 3.53. The summed E-state index contributed by atoms with van der Waals surface area (Å²) in [6, 6.07) is 12.3. The predicted molar refractivity (Wildman–Crippen MR) is 83.8 cm³/mol. The zero-order valence-corrected chi connectivity index (χ0v) is 12.8. The van der Waals surface area contributed by atoms with E-state index in [4.69, 9.17) is 0 Å². The van der Waals surface area contributed by atoms with Crippen LogP contribution >= 0.6 is 0 Å². The predicted octanol–water partition coefficient (Wildman–Crippen LogP) is 1.97. The Labute approximate surface area is 123 Å². The first-order chi connectivity index (χ1) is 9.75. The van der Waals surface area contributed by atoms with E-state index in [1.165, 1.54) is 38.2 Å². The fourth-order valence-corrected chi connectivity index (χ4v) is 3.80. The molecule has 3 atom stereocenters. The number of nitrogens with one attached hydrogen (secondary N) is 1. The van der Waals surface area contributed by atoms with Gasteiger partial charge in [0.2, 0.25) is 0 Å². The first-order valence-electron chi connectivity index (χ1n) is 7.95. The fourth-order valence-electron chi connectivity index (χ4n) is 3.80. The van der Waals surface area contributed by atoms with Gasteiger partial charge < -0.3 is 10.2 Å². The molecule has 0 radical (unpaired) electrons. The third-order valence-electron chi connectivity index (χ3n) is 4.98. The van der Waals surface area contributed by atoms with Crippen LogP contribution in [0.5, 0.6) is 0 Å². The van der Waals surface area contributed by atoms with Crippen molar-refractivity contribution in [3.05, 3.63) is 35.9 Å². The molecule has 2 heterocycles. The second-order valence-electron chi connectivity index (χ2n) is 6.46. The highest BCUT2D eigenvalue weighted by Crippen LogP contribution is 2.31. The zero-order valence-electron chi connectivity index (χ0n) is 12.8. The molecule has 3 nitrogen and oxygen atoms in total. The quantitative estimate of drug-likeness (QED) is 0.889. The number of piperazine rings is 1. The summed E-state index contributed by atoms with van der Waals surface area (Å²) >= 11 is 0. The van der Waals surface area contributed by atoms with Crippen LogP contribution in [0.3, 0.4) is 0 Å². The van der Waals surface area contributed by atoms with E-state index in [1.54, 1.807) is 0 Å². The van der Waals surface area contributed by atoms with Gasteiger partial charge in [-0.05, 0) is 38.0 Å². The Hall–Kier alpha value is -0.900. The summed E-state index contributed by atoms with van der Waals surface area (Å²) in [5.41, 5.74) is 1.48. The standard InChI is InChI=1S/C17H27N3/c1-14-12-18-9-8-16(14)20-11-10-19(2)13-17(20)15-6-4-3-5-7-15/h3-7,14,16-18H,8-13H2,1-2H3. The molecule has 3 unspecified atom stereocenters. The number of piperidine rings is 1. The van der Waals surface area contributed by atoms with E-state index in [9.17, 15) is 0 Å². The molecule has 3 rings (SSSR count). The zero-order chi connectivity index (χ0) is 13.9. The molecule has 110 valence electrons. The molecular weight excluding hydrogens is 246 g/mol. The number of rotatable bonds is 2. The highest BCUT2D eigenvalue weighted by molar-refractivity contribution is 5.20. The Bertz CT molecular complexity index is 420. The van der Waals surface area contributed by atoms with E-state index in [1.807, 2.05) is 0 Å². The average molecular weight is 273 g/mol. The van der Waals surface area contributed by atoms with Crippen LogP contribution in [0.1, 0.15) is 24.9 Å². The molecule has 20 heavy (non-hydrogen) atoms. The third kappa shape index (κ3) is 2.90. The molecule has 0 aliphatic carbocycles. The molecule has 0 aromatic heterocycles. The molecule has 3 heteroatoms. The van der Waals surface area contributed by atoms with E-state index in [-0.39, 0.29) is 0 Å². The molecule has 2 saturated heterocycles. The number of nitrogens with zero attached hydrogens (tertiary/aromatic N) is 2. The summed E-state index contributed by atoms with van der Waals surface area (Å²) in [6.07, 6.45) is 1.29. The second kappa shape index (κ2) is 6.25. The molecule has 1 aromatic rings. The van der Waals surface area contributed by atoms with Gasteiger partial charge in [-0.1, -0.05) is 37.3 Å². The van der Waals surface area contributed by atoms with Crippen LogP contribution in [0.15, 0.2) is 30.3 Å². The highest BCUT2D eigenvalue weighted by atomic mass is 15.3. The topological polar surface area (TPSA) is 18.5 Å². The van der Waals surface area contributed by atoms with Gasteiger partial charge in [-0.15, -0.1) is 0 Å². The molecule has 0 spiro atoms. The van der Waals surface area contributed by atoms with Gasteiger partial charge in [-0.25, -0.2) is 0 Å². The Balaban J connectivity index is 1.83.